The second kappa shape index (κ2) is 10.8. The van der Waals surface area contributed by atoms with Crippen molar-refractivity contribution in [1.82, 2.24) is 15.5 Å². The summed E-state index contributed by atoms with van der Waals surface area (Å²) in [5.74, 6) is -0.670. The molecule has 0 aliphatic heterocycles. The third kappa shape index (κ3) is 5.67. The minimum Gasteiger partial charge on any atom is -0.340 e. The molecule has 5 rings (SSSR count). The van der Waals surface area contributed by atoms with Crippen LogP contribution in [0.25, 0.3) is 21.3 Å². The minimum atomic E-state index is -0.800. The molecule has 1 aromatic heterocycles. The molecule has 178 valence electrons. The monoisotopic (exact) mass is 556 g/mol. The molecule has 0 spiro atoms. The third-order valence-corrected chi connectivity index (χ3v) is 7.08. The van der Waals surface area contributed by atoms with Crippen LogP contribution in [0.5, 0.6) is 0 Å². The van der Waals surface area contributed by atoms with Crippen LogP contribution in [-0.4, -0.2) is 28.1 Å². The van der Waals surface area contributed by atoms with Crippen LogP contribution in [0.2, 0.25) is 0 Å². The van der Waals surface area contributed by atoms with Crippen molar-refractivity contribution in [2.75, 3.05) is 5.32 Å². The Hall–Kier alpha value is -3.88. The van der Waals surface area contributed by atoms with E-state index in [0.717, 1.165) is 26.4 Å². The predicted molar refractivity (Wildman–Crippen MR) is 147 cm³/mol. The number of hydrogen-bond donors (Lipinski definition) is 2. The molecule has 2 amide bonds. The van der Waals surface area contributed by atoms with Crippen molar-refractivity contribution < 1.29 is 9.59 Å². The van der Waals surface area contributed by atoms with E-state index in [1.54, 1.807) is 6.07 Å². The maximum atomic E-state index is 13.3. The lowest BCUT2D eigenvalue weighted by Gasteiger charge is -2.18. The van der Waals surface area contributed by atoms with Crippen LogP contribution in [0.1, 0.15) is 15.9 Å². The lowest BCUT2D eigenvalue weighted by atomic mass is 10.0. The Bertz CT molecular complexity index is 1520. The van der Waals surface area contributed by atoms with Crippen molar-refractivity contribution in [3.63, 3.8) is 0 Å². The molecular weight excluding hydrogens is 536 g/mol. The lowest BCUT2D eigenvalue weighted by Crippen LogP contribution is -2.45. The number of nitrogens with one attached hydrogen (secondary N) is 2. The van der Waals surface area contributed by atoms with Gasteiger partial charge in [-0.25, -0.2) is 0 Å². The molecule has 0 saturated heterocycles. The fraction of sp³-hybridized carbons (Fsp3) is 0.0714. The Morgan fingerprint density at radius 3 is 2.33 bits per heavy atom. The summed E-state index contributed by atoms with van der Waals surface area (Å²) in [4.78, 5) is 26.4. The molecule has 0 radical (unpaired) electrons. The van der Waals surface area contributed by atoms with Crippen molar-refractivity contribution in [2.24, 2.45) is 0 Å². The highest BCUT2D eigenvalue weighted by Crippen LogP contribution is 2.27. The van der Waals surface area contributed by atoms with Gasteiger partial charge in [-0.3, -0.25) is 14.9 Å². The van der Waals surface area contributed by atoms with E-state index in [0.29, 0.717) is 22.1 Å². The van der Waals surface area contributed by atoms with Crippen LogP contribution in [0.3, 0.4) is 0 Å². The van der Waals surface area contributed by atoms with E-state index >= 15 is 0 Å². The van der Waals surface area contributed by atoms with E-state index in [4.69, 9.17) is 0 Å². The summed E-state index contributed by atoms with van der Waals surface area (Å²) in [6, 6.07) is 29.8. The fourth-order valence-corrected chi connectivity index (χ4v) is 4.82. The Kier molecular flexibility index (Phi) is 7.16. The number of amides is 2. The van der Waals surface area contributed by atoms with Crippen LogP contribution in [0, 0.1) is 0 Å². The molecular formula is C28H21BrN4O2S. The first-order valence-corrected chi connectivity index (χ1v) is 12.9. The number of benzene rings is 4. The van der Waals surface area contributed by atoms with Gasteiger partial charge in [-0.2, -0.15) is 0 Å². The topological polar surface area (TPSA) is 84.0 Å². The fourth-order valence-electron chi connectivity index (χ4n) is 3.81. The van der Waals surface area contributed by atoms with E-state index in [-0.39, 0.29) is 11.8 Å². The maximum absolute atomic E-state index is 13.3. The van der Waals surface area contributed by atoms with Gasteiger partial charge in [0.1, 0.15) is 11.0 Å². The van der Waals surface area contributed by atoms with Gasteiger partial charge in [0, 0.05) is 22.0 Å². The summed E-state index contributed by atoms with van der Waals surface area (Å²) in [5, 5.41) is 17.1. The van der Waals surface area contributed by atoms with Gasteiger partial charge in [-0.1, -0.05) is 100 Å². The predicted octanol–water partition coefficient (Wildman–Crippen LogP) is 6.10. The summed E-state index contributed by atoms with van der Waals surface area (Å²) in [7, 11) is 0. The van der Waals surface area contributed by atoms with Crippen LogP contribution in [0.4, 0.5) is 5.13 Å². The zero-order valence-electron chi connectivity index (χ0n) is 19.0. The normalized spacial score (nSPS) is 11.7. The number of carbonyl (C=O) groups is 2. The van der Waals surface area contributed by atoms with Crippen LogP contribution in [0.15, 0.2) is 102 Å². The van der Waals surface area contributed by atoms with Crippen molar-refractivity contribution in [3.05, 3.63) is 113 Å². The van der Waals surface area contributed by atoms with E-state index in [2.05, 4.69) is 36.8 Å². The molecule has 0 bridgehead atoms. The Morgan fingerprint density at radius 2 is 1.56 bits per heavy atom. The first kappa shape index (κ1) is 23.8. The highest BCUT2D eigenvalue weighted by atomic mass is 79.9. The van der Waals surface area contributed by atoms with Gasteiger partial charge in [0.15, 0.2) is 0 Å². The van der Waals surface area contributed by atoms with Gasteiger partial charge >= 0.3 is 0 Å². The van der Waals surface area contributed by atoms with Gasteiger partial charge in [0.2, 0.25) is 11.0 Å². The Labute approximate surface area is 220 Å². The highest BCUT2D eigenvalue weighted by Gasteiger charge is 2.23. The first-order chi connectivity index (χ1) is 17.5. The molecule has 0 aliphatic rings. The quantitative estimate of drug-likeness (QED) is 0.253. The number of nitrogens with zero attached hydrogens (tertiary/aromatic N) is 2. The minimum absolute atomic E-state index is 0.315. The molecule has 6 nitrogen and oxygen atoms in total. The summed E-state index contributed by atoms with van der Waals surface area (Å²) in [6.07, 6.45) is 0.338. The molecule has 5 aromatic rings. The smallest absolute Gasteiger partial charge is 0.251 e. The molecule has 0 aliphatic carbocycles. The Balaban J connectivity index is 1.35. The van der Waals surface area contributed by atoms with Gasteiger partial charge in [-0.15, -0.1) is 10.2 Å². The molecule has 8 heteroatoms. The van der Waals surface area contributed by atoms with Crippen molar-refractivity contribution in [1.29, 1.82) is 0 Å². The highest BCUT2D eigenvalue weighted by molar-refractivity contribution is 9.10. The molecule has 36 heavy (non-hydrogen) atoms. The van der Waals surface area contributed by atoms with E-state index in [9.17, 15) is 9.59 Å². The second-order valence-electron chi connectivity index (χ2n) is 8.19. The molecule has 1 heterocycles. The van der Waals surface area contributed by atoms with E-state index < -0.39 is 6.04 Å². The molecule has 0 fully saturated rings. The SMILES string of the molecule is O=C(NC(Cc1ccccc1)C(=O)Nc1nnc(-c2ccc(Br)cc2)s1)c1ccc2ccccc2c1. The van der Waals surface area contributed by atoms with Gasteiger partial charge in [0.25, 0.3) is 5.91 Å². The molecule has 4 aromatic carbocycles. The molecule has 1 unspecified atom stereocenters. The van der Waals surface area contributed by atoms with Gasteiger partial charge in [-0.05, 0) is 40.6 Å². The second-order valence-corrected chi connectivity index (χ2v) is 10.1. The zero-order valence-corrected chi connectivity index (χ0v) is 21.4. The largest absolute Gasteiger partial charge is 0.340 e. The summed E-state index contributed by atoms with van der Waals surface area (Å²) in [5.41, 5.74) is 2.33. The molecule has 0 saturated carbocycles. The number of anilines is 1. The van der Waals surface area contributed by atoms with Crippen molar-refractivity contribution >= 4 is 55.0 Å². The maximum Gasteiger partial charge on any atom is 0.251 e. The van der Waals surface area contributed by atoms with Gasteiger partial charge in [0.05, 0.1) is 0 Å². The number of carbonyl (C=O) groups excluding carboxylic acids is 2. The van der Waals surface area contributed by atoms with E-state index in [1.165, 1.54) is 11.3 Å². The number of halogens is 1. The number of rotatable bonds is 7. The Morgan fingerprint density at radius 1 is 0.833 bits per heavy atom. The summed E-state index contributed by atoms with van der Waals surface area (Å²) in [6.45, 7) is 0. The zero-order chi connectivity index (χ0) is 24.9. The lowest BCUT2D eigenvalue weighted by molar-refractivity contribution is -0.118. The number of aromatic nitrogens is 2. The summed E-state index contributed by atoms with van der Waals surface area (Å²) < 4.78 is 0.968. The van der Waals surface area contributed by atoms with Crippen LogP contribution in [-0.2, 0) is 11.2 Å². The third-order valence-electron chi connectivity index (χ3n) is 5.66. The number of hydrogen-bond acceptors (Lipinski definition) is 5. The molecule has 2 N–H and O–H groups in total. The number of fused-ring (bicyclic) bond motifs is 1. The van der Waals surface area contributed by atoms with Crippen molar-refractivity contribution in [3.8, 4) is 10.6 Å². The van der Waals surface area contributed by atoms with Crippen LogP contribution >= 0.6 is 27.3 Å². The average Bonchev–Trinajstić information content (AvgIpc) is 3.37. The standard InChI is InChI=1S/C28H21BrN4O2S/c29-23-14-12-20(13-15-23)27-32-33-28(36-27)31-26(35)24(16-18-6-2-1-3-7-18)30-25(34)22-11-10-19-8-4-5-9-21(19)17-22/h1-15,17,24H,16H2,(H,30,34)(H,31,33,35). The first-order valence-electron chi connectivity index (χ1n) is 11.3. The van der Waals surface area contributed by atoms with Gasteiger partial charge < -0.3 is 5.32 Å². The van der Waals surface area contributed by atoms with E-state index in [1.807, 2.05) is 91.0 Å². The molecule has 1 atom stereocenters. The van der Waals surface area contributed by atoms with Crippen LogP contribution < -0.4 is 10.6 Å². The average molecular weight is 557 g/mol. The van der Waals surface area contributed by atoms with Crippen molar-refractivity contribution in [2.45, 2.75) is 12.5 Å². The summed E-state index contributed by atoms with van der Waals surface area (Å²) >= 11 is 4.70.